The Morgan fingerprint density at radius 1 is 1.21 bits per heavy atom. The maximum atomic E-state index is 6.31. The van der Waals surface area contributed by atoms with Gasteiger partial charge in [0.2, 0.25) is 0 Å². The summed E-state index contributed by atoms with van der Waals surface area (Å²) in [5.41, 5.74) is 2.12. The van der Waals surface area contributed by atoms with Crippen LogP contribution in [0, 0.1) is 0 Å². The van der Waals surface area contributed by atoms with Gasteiger partial charge in [-0.15, -0.1) is 0 Å². The minimum Gasteiger partial charge on any atom is -0.361 e. The minimum absolute atomic E-state index is 0.542. The van der Waals surface area contributed by atoms with Crippen molar-refractivity contribution < 1.29 is 0 Å². The second-order valence-corrected chi connectivity index (χ2v) is 9.95. The average Bonchev–Trinajstić information content (AvgIpc) is 3.38. The number of hydrogen-bond donors (Lipinski definition) is 1. The summed E-state index contributed by atoms with van der Waals surface area (Å²) in [6, 6.07) is 7.14. The number of thiazole rings is 2. The van der Waals surface area contributed by atoms with Crippen molar-refractivity contribution in [2.45, 2.75) is 31.8 Å². The molecule has 0 amide bonds. The van der Waals surface area contributed by atoms with E-state index in [0.717, 1.165) is 47.8 Å². The Kier molecular flexibility index (Phi) is 4.58. The van der Waals surface area contributed by atoms with Gasteiger partial charge in [0.25, 0.3) is 0 Å². The van der Waals surface area contributed by atoms with E-state index in [4.69, 9.17) is 21.6 Å². The van der Waals surface area contributed by atoms with Crippen molar-refractivity contribution >= 4 is 60.0 Å². The number of piperidine rings is 1. The summed E-state index contributed by atoms with van der Waals surface area (Å²) in [4.78, 5) is 19.9. The van der Waals surface area contributed by atoms with Gasteiger partial charge in [-0.05, 0) is 45.0 Å². The van der Waals surface area contributed by atoms with Crippen LogP contribution in [0.2, 0.25) is 5.02 Å². The molecular formula is C20H22ClN5S2. The van der Waals surface area contributed by atoms with Crippen LogP contribution < -0.4 is 4.90 Å². The third-order valence-electron chi connectivity index (χ3n) is 5.90. The number of aromatic nitrogens is 3. The quantitative estimate of drug-likeness (QED) is 0.467. The van der Waals surface area contributed by atoms with Gasteiger partial charge >= 0.3 is 0 Å². The van der Waals surface area contributed by atoms with Gasteiger partial charge in [-0.25, -0.2) is 9.97 Å². The number of fused-ring (bicyclic) bond motifs is 2. The predicted octanol–water partition coefficient (Wildman–Crippen LogP) is 5.47. The first-order valence-electron chi connectivity index (χ1n) is 9.47. The smallest absolute Gasteiger partial charge is 0.188 e. The number of likely N-dealkylation sites (tertiary alicyclic amines) is 1. The molecule has 0 bridgehead atoms. The lowest BCUT2D eigenvalue weighted by atomic mass is 9.98. The number of benzene rings is 1. The Morgan fingerprint density at radius 3 is 2.82 bits per heavy atom. The first kappa shape index (κ1) is 18.4. The first-order chi connectivity index (χ1) is 13.5. The number of nitrogens with zero attached hydrogens (tertiary/aromatic N) is 4. The molecule has 1 aliphatic rings. The van der Waals surface area contributed by atoms with E-state index in [0.29, 0.717) is 12.1 Å². The number of anilines is 1. The largest absolute Gasteiger partial charge is 0.361 e. The van der Waals surface area contributed by atoms with Gasteiger partial charge in [-0.1, -0.05) is 34.3 Å². The molecule has 3 aromatic heterocycles. The zero-order chi connectivity index (χ0) is 19.4. The molecule has 0 saturated carbocycles. The van der Waals surface area contributed by atoms with Crippen molar-refractivity contribution in [3.63, 3.8) is 0 Å². The van der Waals surface area contributed by atoms with Crippen molar-refractivity contribution in [1.82, 2.24) is 19.9 Å². The van der Waals surface area contributed by atoms with Crippen LogP contribution in [-0.4, -0.2) is 52.6 Å². The molecule has 1 aromatic carbocycles. The lowest BCUT2D eigenvalue weighted by Crippen LogP contribution is -2.46. The summed E-state index contributed by atoms with van der Waals surface area (Å²) in [7, 11) is 4.39. The number of hydrogen-bond acceptors (Lipinski definition) is 6. The van der Waals surface area contributed by atoms with Crippen LogP contribution in [0.4, 0.5) is 5.13 Å². The third kappa shape index (κ3) is 3.01. The standard InChI is InChI=1S/C20H22ClN5S2/c1-11-10-12(7-9-25(11)2)26(3)20-24-19-18(28-20)23-17(27-19)14-4-5-15(21)13-6-8-22-16(13)14/h4-6,8,11-12,22H,7,9-10H2,1-3H3. The third-order valence-corrected chi connectivity index (χ3v) is 8.38. The highest BCUT2D eigenvalue weighted by molar-refractivity contribution is 7.29. The Labute approximate surface area is 177 Å². The van der Waals surface area contributed by atoms with Crippen LogP contribution in [0.3, 0.4) is 0 Å². The van der Waals surface area contributed by atoms with Crippen LogP contribution in [0.25, 0.3) is 31.1 Å². The van der Waals surface area contributed by atoms with Gasteiger partial charge in [0.05, 0.1) is 5.52 Å². The molecule has 0 radical (unpaired) electrons. The summed E-state index contributed by atoms with van der Waals surface area (Å²) in [5.74, 6) is 0. The fourth-order valence-corrected chi connectivity index (χ4v) is 6.29. The molecule has 146 valence electrons. The highest BCUT2D eigenvalue weighted by Crippen LogP contribution is 2.40. The van der Waals surface area contributed by atoms with Crippen molar-refractivity contribution in [3.8, 4) is 10.6 Å². The molecule has 8 heteroatoms. The van der Waals surface area contributed by atoms with Gasteiger partial charge in [0.15, 0.2) is 14.8 Å². The van der Waals surface area contributed by atoms with E-state index >= 15 is 0 Å². The highest BCUT2D eigenvalue weighted by atomic mass is 35.5. The highest BCUT2D eigenvalue weighted by Gasteiger charge is 2.27. The van der Waals surface area contributed by atoms with Crippen molar-refractivity contribution in [2.75, 3.05) is 25.5 Å². The lowest BCUT2D eigenvalue weighted by Gasteiger charge is -2.39. The van der Waals surface area contributed by atoms with Gasteiger partial charge in [-0.2, -0.15) is 0 Å². The molecule has 5 nitrogen and oxygen atoms in total. The molecule has 1 fully saturated rings. The SMILES string of the molecule is CC1CC(N(C)c2nc3sc(-c4ccc(Cl)c5cc[nH]c45)nc3s2)CCN1C. The van der Waals surface area contributed by atoms with Gasteiger partial charge < -0.3 is 14.8 Å². The Balaban J connectivity index is 1.45. The molecule has 1 N–H and O–H groups in total. The number of nitrogens with one attached hydrogen (secondary N) is 1. The van der Waals surface area contributed by atoms with E-state index in [1.807, 2.05) is 24.4 Å². The number of aromatic amines is 1. The summed E-state index contributed by atoms with van der Waals surface area (Å²) >= 11 is 9.65. The van der Waals surface area contributed by atoms with Crippen LogP contribution in [0.5, 0.6) is 0 Å². The monoisotopic (exact) mass is 431 g/mol. The average molecular weight is 432 g/mol. The zero-order valence-corrected chi connectivity index (χ0v) is 18.5. The van der Waals surface area contributed by atoms with Crippen LogP contribution in [-0.2, 0) is 0 Å². The minimum atomic E-state index is 0.542. The Bertz CT molecular complexity index is 1110. The topological polar surface area (TPSA) is 48.1 Å². The van der Waals surface area contributed by atoms with Gasteiger partial charge in [-0.3, -0.25) is 0 Å². The van der Waals surface area contributed by atoms with Crippen LogP contribution in [0.1, 0.15) is 19.8 Å². The Hall–Kier alpha value is -1.67. The fraction of sp³-hybridized carbons (Fsp3) is 0.400. The van der Waals surface area contributed by atoms with Crippen molar-refractivity contribution in [2.24, 2.45) is 0 Å². The molecule has 1 saturated heterocycles. The molecule has 4 aromatic rings. The maximum Gasteiger partial charge on any atom is 0.188 e. The molecule has 0 aliphatic carbocycles. The van der Waals surface area contributed by atoms with E-state index in [1.165, 1.54) is 12.8 Å². The number of halogens is 1. The van der Waals surface area contributed by atoms with E-state index < -0.39 is 0 Å². The molecule has 2 atom stereocenters. The molecule has 2 unspecified atom stereocenters. The molecule has 4 heterocycles. The summed E-state index contributed by atoms with van der Waals surface area (Å²) in [5, 5.41) is 3.85. The van der Waals surface area contributed by atoms with E-state index in [9.17, 15) is 0 Å². The van der Waals surface area contributed by atoms with Crippen LogP contribution >= 0.6 is 34.3 Å². The number of rotatable bonds is 3. The Morgan fingerprint density at radius 2 is 2.04 bits per heavy atom. The summed E-state index contributed by atoms with van der Waals surface area (Å²) in [6.07, 6.45) is 4.28. The van der Waals surface area contributed by atoms with E-state index in [2.05, 4.69) is 35.8 Å². The fourth-order valence-electron chi connectivity index (χ4n) is 3.97. The number of H-pyrrole nitrogens is 1. The van der Waals surface area contributed by atoms with Crippen molar-refractivity contribution in [1.29, 1.82) is 0 Å². The molecule has 5 rings (SSSR count). The second kappa shape index (κ2) is 6.99. The second-order valence-electron chi connectivity index (χ2n) is 7.61. The first-order valence-corrected chi connectivity index (χ1v) is 11.5. The van der Waals surface area contributed by atoms with E-state index in [-0.39, 0.29) is 0 Å². The molecular weight excluding hydrogens is 410 g/mol. The lowest BCUT2D eigenvalue weighted by molar-refractivity contribution is 0.181. The molecule has 0 spiro atoms. The van der Waals surface area contributed by atoms with Crippen LogP contribution in [0.15, 0.2) is 24.4 Å². The zero-order valence-electron chi connectivity index (χ0n) is 16.1. The predicted molar refractivity (Wildman–Crippen MR) is 121 cm³/mol. The molecule has 1 aliphatic heterocycles. The maximum absolute atomic E-state index is 6.31. The summed E-state index contributed by atoms with van der Waals surface area (Å²) < 4.78 is 0. The van der Waals surface area contributed by atoms with Gasteiger partial charge in [0.1, 0.15) is 5.01 Å². The normalized spacial score (nSPS) is 21.0. The van der Waals surface area contributed by atoms with E-state index in [1.54, 1.807) is 22.7 Å². The van der Waals surface area contributed by atoms with Gasteiger partial charge in [0, 0.05) is 47.8 Å². The molecule has 28 heavy (non-hydrogen) atoms. The summed E-state index contributed by atoms with van der Waals surface area (Å²) in [6.45, 7) is 3.45. The van der Waals surface area contributed by atoms with Crippen molar-refractivity contribution in [3.05, 3.63) is 29.4 Å².